The Balaban J connectivity index is 1.34. The highest BCUT2D eigenvalue weighted by Crippen LogP contribution is 2.28. The van der Waals surface area contributed by atoms with Gasteiger partial charge in [0.05, 0.1) is 11.8 Å². The summed E-state index contributed by atoms with van der Waals surface area (Å²) in [5.41, 5.74) is 4.13. The van der Waals surface area contributed by atoms with Crippen molar-refractivity contribution in [1.82, 2.24) is 9.88 Å². The summed E-state index contributed by atoms with van der Waals surface area (Å²) in [7, 11) is 0. The quantitative estimate of drug-likeness (QED) is 0.398. The molecule has 0 radical (unpaired) electrons. The van der Waals surface area contributed by atoms with E-state index in [1.54, 1.807) is 12.3 Å². The zero-order valence-electron chi connectivity index (χ0n) is 18.2. The SMILES string of the molecule is O=C(Nc1cccc(CN2CCSCC2)c1)c1ccccc1-c1ncc(-c2ccccc2)o1. The molecule has 1 aliphatic heterocycles. The summed E-state index contributed by atoms with van der Waals surface area (Å²) in [4.78, 5) is 20.1. The summed E-state index contributed by atoms with van der Waals surface area (Å²) in [6.07, 6.45) is 1.70. The van der Waals surface area contributed by atoms with Crippen molar-refractivity contribution in [2.75, 3.05) is 29.9 Å². The number of nitrogens with one attached hydrogen (secondary N) is 1. The van der Waals surface area contributed by atoms with Crippen molar-refractivity contribution < 1.29 is 9.21 Å². The molecular weight excluding hydrogens is 430 g/mol. The second kappa shape index (κ2) is 10.1. The Hall–Kier alpha value is -3.35. The van der Waals surface area contributed by atoms with Crippen LogP contribution in [0.2, 0.25) is 0 Å². The number of anilines is 1. The van der Waals surface area contributed by atoms with Crippen LogP contribution >= 0.6 is 11.8 Å². The second-order valence-electron chi connectivity index (χ2n) is 7.98. The van der Waals surface area contributed by atoms with E-state index in [9.17, 15) is 4.79 Å². The van der Waals surface area contributed by atoms with E-state index in [0.29, 0.717) is 22.8 Å². The number of hydrogen-bond acceptors (Lipinski definition) is 5. The first-order valence-electron chi connectivity index (χ1n) is 11.1. The molecule has 33 heavy (non-hydrogen) atoms. The highest BCUT2D eigenvalue weighted by atomic mass is 32.2. The van der Waals surface area contributed by atoms with E-state index in [4.69, 9.17) is 4.42 Å². The Morgan fingerprint density at radius 3 is 2.61 bits per heavy atom. The molecule has 0 spiro atoms. The lowest BCUT2D eigenvalue weighted by Gasteiger charge is -2.26. The van der Waals surface area contributed by atoms with E-state index >= 15 is 0 Å². The van der Waals surface area contributed by atoms with Crippen LogP contribution in [0.4, 0.5) is 5.69 Å². The molecule has 1 amide bonds. The highest BCUT2D eigenvalue weighted by Gasteiger charge is 2.17. The van der Waals surface area contributed by atoms with Crippen LogP contribution in [-0.2, 0) is 6.54 Å². The maximum atomic E-state index is 13.2. The van der Waals surface area contributed by atoms with Crippen molar-refractivity contribution in [3.05, 3.63) is 96.2 Å². The van der Waals surface area contributed by atoms with Crippen LogP contribution in [0.1, 0.15) is 15.9 Å². The van der Waals surface area contributed by atoms with Crippen molar-refractivity contribution in [3.8, 4) is 22.8 Å². The lowest BCUT2D eigenvalue weighted by atomic mass is 10.1. The molecule has 1 saturated heterocycles. The molecule has 0 bridgehead atoms. The van der Waals surface area contributed by atoms with Gasteiger partial charge in [0.1, 0.15) is 0 Å². The van der Waals surface area contributed by atoms with E-state index in [1.165, 1.54) is 17.1 Å². The maximum Gasteiger partial charge on any atom is 0.256 e. The van der Waals surface area contributed by atoms with Gasteiger partial charge in [0, 0.05) is 48.0 Å². The molecule has 4 aromatic rings. The Morgan fingerprint density at radius 2 is 1.76 bits per heavy atom. The van der Waals surface area contributed by atoms with Gasteiger partial charge < -0.3 is 9.73 Å². The molecule has 5 nitrogen and oxygen atoms in total. The van der Waals surface area contributed by atoms with E-state index in [-0.39, 0.29) is 5.91 Å². The first kappa shape index (κ1) is 21.5. The van der Waals surface area contributed by atoms with Crippen molar-refractivity contribution in [3.63, 3.8) is 0 Å². The average molecular weight is 456 g/mol. The number of thioether (sulfide) groups is 1. The number of rotatable bonds is 6. The van der Waals surface area contributed by atoms with Gasteiger partial charge in [-0.15, -0.1) is 0 Å². The second-order valence-corrected chi connectivity index (χ2v) is 9.21. The summed E-state index contributed by atoms with van der Waals surface area (Å²) in [6, 6.07) is 25.3. The highest BCUT2D eigenvalue weighted by molar-refractivity contribution is 7.99. The minimum Gasteiger partial charge on any atom is -0.436 e. The zero-order chi connectivity index (χ0) is 22.5. The number of carbonyl (C=O) groups excluding carboxylic acids is 1. The predicted octanol–water partition coefficient (Wildman–Crippen LogP) is 5.81. The number of amides is 1. The zero-order valence-corrected chi connectivity index (χ0v) is 19.1. The van der Waals surface area contributed by atoms with Gasteiger partial charge in [-0.05, 0) is 29.8 Å². The molecule has 0 atom stereocenters. The van der Waals surface area contributed by atoms with Gasteiger partial charge in [0.2, 0.25) is 5.89 Å². The Bertz CT molecular complexity index is 1230. The average Bonchev–Trinajstić information content (AvgIpc) is 3.36. The lowest BCUT2D eigenvalue weighted by molar-refractivity contribution is 0.102. The summed E-state index contributed by atoms with van der Waals surface area (Å²) >= 11 is 2.01. The number of aromatic nitrogens is 1. The van der Waals surface area contributed by atoms with Gasteiger partial charge in [-0.2, -0.15) is 11.8 Å². The lowest BCUT2D eigenvalue weighted by Crippen LogP contribution is -2.31. The third kappa shape index (κ3) is 5.18. The van der Waals surface area contributed by atoms with Crippen LogP contribution in [0.15, 0.2) is 89.5 Å². The number of oxazole rings is 1. The van der Waals surface area contributed by atoms with Gasteiger partial charge in [-0.25, -0.2) is 4.98 Å². The molecular formula is C27H25N3O2S. The molecule has 1 aliphatic rings. The fraction of sp³-hybridized carbons (Fsp3) is 0.185. The molecule has 5 rings (SSSR count). The van der Waals surface area contributed by atoms with Crippen molar-refractivity contribution in [2.24, 2.45) is 0 Å². The Labute approximate surface area is 197 Å². The smallest absolute Gasteiger partial charge is 0.256 e. The minimum atomic E-state index is -0.184. The van der Waals surface area contributed by atoms with Gasteiger partial charge in [0.15, 0.2) is 5.76 Å². The normalized spacial score (nSPS) is 14.2. The summed E-state index contributed by atoms with van der Waals surface area (Å²) in [6.45, 7) is 3.12. The van der Waals surface area contributed by atoms with Gasteiger partial charge in [-0.3, -0.25) is 9.69 Å². The predicted molar refractivity (Wildman–Crippen MR) is 134 cm³/mol. The summed E-state index contributed by atoms with van der Waals surface area (Å²) < 4.78 is 6.00. The minimum absolute atomic E-state index is 0.184. The summed E-state index contributed by atoms with van der Waals surface area (Å²) in [5, 5.41) is 3.05. The Morgan fingerprint density at radius 1 is 0.970 bits per heavy atom. The molecule has 0 unspecified atom stereocenters. The Kier molecular flexibility index (Phi) is 6.56. The first-order chi connectivity index (χ1) is 16.3. The van der Waals surface area contributed by atoms with Crippen molar-refractivity contribution >= 4 is 23.4 Å². The van der Waals surface area contributed by atoms with Crippen LogP contribution in [0.3, 0.4) is 0 Å². The van der Waals surface area contributed by atoms with Crippen molar-refractivity contribution in [1.29, 1.82) is 0 Å². The van der Waals surface area contributed by atoms with Crippen LogP contribution < -0.4 is 5.32 Å². The summed E-state index contributed by atoms with van der Waals surface area (Å²) in [5.74, 6) is 3.28. The molecule has 1 fully saturated rings. The number of nitrogens with zero attached hydrogens (tertiary/aromatic N) is 2. The monoisotopic (exact) mass is 455 g/mol. The number of carbonyl (C=O) groups is 1. The molecule has 0 aliphatic carbocycles. The largest absolute Gasteiger partial charge is 0.436 e. The van der Waals surface area contributed by atoms with Gasteiger partial charge in [0.25, 0.3) is 5.91 Å². The molecule has 6 heteroatoms. The fourth-order valence-corrected chi connectivity index (χ4v) is 4.94. The standard InChI is InChI=1S/C27H25N3O2S/c31-26(29-22-10-6-7-20(17-22)19-30-13-15-33-16-14-30)23-11-4-5-12-24(23)27-28-18-25(32-27)21-8-2-1-3-9-21/h1-12,17-18H,13-16,19H2,(H,29,31). The van der Waals surface area contributed by atoms with Gasteiger partial charge >= 0.3 is 0 Å². The molecule has 1 aromatic heterocycles. The first-order valence-corrected chi connectivity index (χ1v) is 12.2. The molecule has 0 saturated carbocycles. The topological polar surface area (TPSA) is 58.4 Å². The molecule has 166 valence electrons. The third-order valence-electron chi connectivity index (χ3n) is 5.66. The van der Waals surface area contributed by atoms with Crippen LogP contribution in [0, 0.1) is 0 Å². The molecule has 1 N–H and O–H groups in total. The fourth-order valence-electron chi connectivity index (χ4n) is 3.97. The van der Waals surface area contributed by atoms with E-state index in [0.717, 1.165) is 30.9 Å². The van der Waals surface area contributed by atoms with Crippen LogP contribution in [-0.4, -0.2) is 40.4 Å². The van der Waals surface area contributed by atoms with E-state index in [2.05, 4.69) is 27.3 Å². The maximum absolute atomic E-state index is 13.2. The molecule has 3 aromatic carbocycles. The van der Waals surface area contributed by atoms with E-state index < -0.39 is 0 Å². The number of benzene rings is 3. The number of hydrogen-bond donors (Lipinski definition) is 1. The molecule has 2 heterocycles. The van der Waals surface area contributed by atoms with Crippen LogP contribution in [0.5, 0.6) is 0 Å². The van der Waals surface area contributed by atoms with Crippen LogP contribution in [0.25, 0.3) is 22.8 Å². The van der Waals surface area contributed by atoms with E-state index in [1.807, 2.05) is 72.4 Å². The van der Waals surface area contributed by atoms with Crippen molar-refractivity contribution in [2.45, 2.75) is 6.54 Å². The third-order valence-corrected chi connectivity index (χ3v) is 6.60. The van der Waals surface area contributed by atoms with Gasteiger partial charge in [-0.1, -0.05) is 54.6 Å².